The average Bonchev–Trinajstić information content (AvgIpc) is 3.19. The fourth-order valence-corrected chi connectivity index (χ4v) is 4.80. The number of carbonyl (C=O) groups is 1. The Bertz CT molecular complexity index is 1150. The summed E-state index contributed by atoms with van der Waals surface area (Å²) in [7, 11) is 0. The maximum atomic E-state index is 12.1. The van der Waals surface area contributed by atoms with Crippen molar-refractivity contribution in [3.63, 3.8) is 0 Å². The molecule has 8 heteroatoms. The van der Waals surface area contributed by atoms with Crippen molar-refractivity contribution in [2.75, 3.05) is 5.32 Å². The Morgan fingerprint density at radius 2 is 2.09 bits per heavy atom. The summed E-state index contributed by atoms with van der Waals surface area (Å²) in [6.07, 6.45) is 10.4. The van der Waals surface area contributed by atoms with Gasteiger partial charge in [-0.05, 0) is 64.0 Å². The van der Waals surface area contributed by atoms with E-state index in [0.29, 0.717) is 23.3 Å². The fourth-order valence-electron chi connectivity index (χ4n) is 4.61. The second-order valence-corrected chi connectivity index (χ2v) is 10.5. The van der Waals surface area contributed by atoms with E-state index in [-0.39, 0.29) is 12.0 Å². The lowest BCUT2D eigenvalue weighted by Crippen LogP contribution is -2.29. The summed E-state index contributed by atoms with van der Waals surface area (Å²) in [5.74, 6) is 1.64. The predicted octanol–water partition coefficient (Wildman–Crippen LogP) is 6.10. The number of halogens is 1. The van der Waals surface area contributed by atoms with Gasteiger partial charge < -0.3 is 10.1 Å². The van der Waals surface area contributed by atoms with Crippen LogP contribution in [0.2, 0.25) is 5.15 Å². The van der Waals surface area contributed by atoms with E-state index in [1.165, 1.54) is 5.56 Å². The molecular formula is C26H34ClN5O2. The van der Waals surface area contributed by atoms with Crippen LogP contribution in [0.3, 0.4) is 0 Å². The van der Waals surface area contributed by atoms with E-state index < -0.39 is 5.60 Å². The average molecular weight is 484 g/mol. The summed E-state index contributed by atoms with van der Waals surface area (Å²) in [5.41, 5.74) is 2.45. The van der Waals surface area contributed by atoms with E-state index >= 15 is 0 Å². The second-order valence-electron chi connectivity index (χ2n) is 10.2. The zero-order valence-electron chi connectivity index (χ0n) is 20.5. The number of imidazole rings is 1. The molecule has 1 saturated carbocycles. The van der Waals surface area contributed by atoms with Crippen molar-refractivity contribution in [3.8, 4) is 11.5 Å². The lowest BCUT2D eigenvalue weighted by atomic mass is 9.83. The summed E-state index contributed by atoms with van der Waals surface area (Å²) in [4.78, 5) is 25.9. The number of pyridine rings is 1. The van der Waals surface area contributed by atoms with Crippen LogP contribution in [0.5, 0.6) is 0 Å². The number of rotatable bonds is 7. The quantitative estimate of drug-likeness (QED) is 0.323. The van der Waals surface area contributed by atoms with Crippen LogP contribution in [0, 0.1) is 5.92 Å². The van der Waals surface area contributed by atoms with Gasteiger partial charge in [0.25, 0.3) is 0 Å². The monoisotopic (exact) mass is 483 g/mol. The highest BCUT2D eigenvalue weighted by Crippen LogP contribution is 2.31. The van der Waals surface area contributed by atoms with Crippen LogP contribution in [0.4, 0.5) is 5.82 Å². The molecule has 3 aromatic heterocycles. The number of ether oxygens (including phenoxy) is 1. The lowest BCUT2D eigenvalue weighted by Gasteiger charge is -2.30. The molecule has 1 N–H and O–H groups in total. The number of aromatic nitrogens is 4. The van der Waals surface area contributed by atoms with Crippen molar-refractivity contribution in [1.29, 1.82) is 0 Å². The summed E-state index contributed by atoms with van der Waals surface area (Å²) in [6.45, 7) is 7.84. The van der Waals surface area contributed by atoms with Crippen molar-refractivity contribution >= 4 is 29.0 Å². The highest BCUT2D eigenvalue weighted by atomic mass is 35.5. The first-order valence-corrected chi connectivity index (χ1v) is 12.6. The van der Waals surface area contributed by atoms with Gasteiger partial charge in [0.05, 0.1) is 6.20 Å². The normalized spacial score (nSPS) is 18.7. The van der Waals surface area contributed by atoms with Gasteiger partial charge in [-0.15, -0.1) is 0 Å². The Hall–Kier alpha value is -2.67. The van der Waals surface area contributed by atoms with E-state index in [2.05, 4.69) is 34.5 Å². The van der Waals surface area contributed by atoms with Crippen molar-refractivity contribution in [1.82, 2.24) is 19.4 Å². The molecule has 0 amide bonds. The minimum atomic E-state index is -0.434. The molecule has 182 valence electrons. The van der Waals surface area contributed by atoms with Gasteiger partial charge in [-0.2, -0.15) is 0 Å². The Kier molecular flexibility index (Phi) is 7.41. The van der Waals surface area contributed by atoms with Gasteiger partial charge in [0, 0.05) is 24.7 Å². The zero-order valence-corrected chi connectivity index (χ0v) is 21.2. The molecule has 3 heterocycles. The molecule has 1 fully saturated rings. The molecule has 0 aromatic carbocycles. The van der Waals surface area contributed by atoms with Crippen LogP contribution in [-0.2, 0) is 16.0 Å². The standard InChI is InChI=1S/C26H34ClN5O2/c1-5-17-9-11-23-28-15-20(32(23)16-17)25-30-21(27)14-22(31-25)29-19-8-6-7-18(13-19)10-12-24(33)34-26(2,3)4/h9,11,14-16,18-19H,5-8,10,12-13H2,1-4H3,(H,29,30,31). The smallest absolute Gasteiger partial charge is 0.306 e. The maximum absolute atomic E-state index is 12.1. The van der Waals surface area contributed by atoms with Gasteiger partial charge in [0.1, 0.15) is 27.9 Å². The number of carbonyl (C=O) groups excluding carboxylic acids is 1. The molecule has 1 aliphatic carbocycles. The SMILES string of the molecule is CCc1ccc2ncc(-c3nc(Cl)cc(NC4CCCC(CCC(=O)OC(C)(C)C)C4)n3)n2c1. The molecule has 0 spiro atoms. The molecule has 7 nitrogen and oxygen atoms in total. The fraction of sp³-hybridized carbons (Fsp3) is 0.538. The summed E-state index contributed by atoms with van der Waals surface area (Å²) < 4.78 is 7.48. The van der Waals surface area contributed by atoms with E-state index in [1.54, 1.807) is 12.3 Å². The van der Waals surface area contributed by atoms with Crippen molar-refractivity contribution in [3.05, 3.63) is 41.3 Å². The predicted molar refractivity (Wildman–Crippen MR) is 135 cm³/mol. The van der Waals surface area contributed by atoms with Crippen LogP contribution in [-0.4, -0.2) is 37.0 Å². The second kappa shape index (κ2) is 10.3. The molecule has 1 aliphatic rings. The Morgan fingerprint density at radius 1 is 1.26 bits per heavy atom. The van der Waals surface area contributed by atoms with Crippen LogP contribution in [0.25, 0.3) is 17.2 Å². The Labute approximate surface area is 206 Å². The van der Waals surface area contributed by atoms with E-state index in [0.717, 1.165) is 55.7 Å². The molecular weight excluding hydrogens is 450 g/mol. The third kappa shape index (κ3) is 6.26. The molecule has 2 atom stereocenters. The Balaban J connectivity index is 1.44. The van der Waals surface area contributed by atoms with Crippen molar-refractivity contribution < 1.29 is 9.53 Å². The topological polar surface area (TPSA) is 81.4 Å². The molecule has 4 rings (SSSR count). The van der Waals surface area contributed by atoms with Crippen molar-refractivity contribution in [2.45, 2.75) is 84.3 Å². The number of nitrogens with zero attached hydrogens (tertiary/aromatic N) is 4. The van der Waals surface area contributed by atoms with Crippen LogP contribution >= 0.6 is 11.6 Å². The van der Waals surface area contributed by atoms with E-state index in [9.17, 15) is 4.79 Å². The number of nitrogens with one attached hydrogen (secondary N) is 1. The van der Waals surface area contributed by atoms with E-state index in [1.807, 2.05) is 31.2 Å². The largest absolute Gasteiger partial charge is 0.460 e. The molecule has 0 radical (unpaired) electrons. The molecule has 3 aromatic rings. The summed E-state index contributed by atoms with van der Waals surface area (Å²) in [5, 5.41) is 3.96. The van der Waals surface area contributed by atoms with Gasteiger partial charge in [0.15, 0.2) is 5.82 Å². The van der Waals surface area contributed by atoms with Crippen LogP contribution in [0.1, 0.15) is 71.8 Å². The van der Waals surface area contributed by atoms with Gasteiger partial charge in [-0.3, -0.25) is 9.20 Å². The summed E-state index contributed by atoms with van der Waals surface area (Å²) >= 11 is 6.39. The first-order chi connectivity index (χ1) is 16.2. The number of anilines is 1. The molecule has 0 bridgehead atoms. The molecule has 2 unspecified atom stereocenters. The van der Waals surface area contributed by atoms with Gasteiger partial charge >= 0.3 is 5.97 Å². The van der Waals surface area contributed by atoms with E-state index in [4.69, 9.17) is 21.3 Å². The third-order valence-corrected chi connectivity index (χ3v) is 6.40. The number of fused-ring (bicyclic) bond motifs is 1. The number of hydrogen-bond acceptors (Lipinski definition) is 6. The van der Waals surface area contributed by atoms with Crippen molar-refractivity contribution in [2.24, 2.45) is 5.92 Å². The first kappa shape index (κ1) is 24.5. The minimum absolute atomic E-state index is 0.117. The summed E-state index contributed by atoms with van der Waals surface area (Å²) in [6, 6.07) is 6.15. The molecule has 0 aliphatic heterocycles. The number of esters is 1. The minimum Gasteiger partial charge on any atom is -0.460 e. The molecule has 0 saturated heterocycles. The Morgan fingerprint density at radius 3 is 2.85 bits per heavy atom. The number of aryl methyl sites for hydroxylation is 1. The molecule has 34 heavy (non-hydrogen) atoms. The highest BCUT2D eigenvalue weighted by molar-refractivity contribution is 6.29. The van der Waals surface area contributed by atoms with Gasteiger partial charge in [-0.25, -0.2) is 15.0 Å². The lowest BCUT2D eigenvalue weighted by molar-refractivity contribution is -0.155. The maximum Gasteiger partial charge on any atom is 0.306 e. The van der Waals surface area contributed by atoms with Gasteiger partial charge in [-0.1, -0.05) is 37.4 Å². The highest BCUT2D eigenvalue weighted by Gasteiger charge is 2.24. The van der Waals surface area contributed by atoms with Crippen LogP contribution < -0.4 is 5.32 Å². The van der Waals surface area contributed by atoms with Crippen LogP contribution in [0.15, 0.2) is 30.6 Å². The first-order valence-electron chi connectivity index (χ1n) is 12.2. The zero-order chi connectivity index (χ0) is 24.3. The third-order valence-electron chi connectivity index (χ3n) is 6.21. The van der Waals surface area contributed by atoms with Gasteiger partial charge in [0.2, 0.25) is 0 Å². The number of hydrogen-bond donors (Lipinski definition) is 1.